The standard InChI is InChI=1S/C11H23N3O3S/c1-2-14-18(16,17)7-6-13-10(15)8-11(9-12)4-3-5-11/h14H,2-9,12H2,1H3,(H,13,15). The number of carbonyl (C=O) groups excluding carboxylic acids is 1. The lowest BCUT2D eigenvalue weighted by molar-refractivity contribution is -0.124. The molecule has 6 nitrogen and oxygen atoms in total. The van der Waals surface area contributed by atoms with Crippen molar-refractivity contribution in [2.24, 2.45) is 11.1 Å². The molecule has 0 saturated heterocycles. The van der Waals surface area contributed by atoms with Crippen molar-refractivity contribution in [3.8, 4) is 0 Å². The Bertz CT molecular complexity index is 371. The summed E-state index contributed by atoms with van der Waals surface area (Å²) in [6.07, 6.45) is 3.52. The second kappa shape index (κ2) is 6.49. The molecule has 0 spiro atoms. The third kappa shape index (κ3) is 4.55. The van der Waals surface area contributed by atoms with Gasteiger partial charge in [-0.15, -0.1) is 0 Å². The normalized spacial score (nSPS) is 18.1. The van der Waals surface area contributed by atoms with E-state index in [1.807, 2.05) is 0 Å². The van der Waals surface area contributed by atoms with Crippen LogP contribution in [0.1, 0.15) is 32.6 Å². The van der Waals surface area contributed by atoms with Crippen molar-refractivity contribution in [3.05, 3.63) is 0 Å². The van der Waals surface area contributed by atoms with Gasteiger partial charge >= 0.3 is 0 Å². The van der Waals surface area contributed by atoms with Gasteiger partial charge in [0.1, 0.15) is 0 Å². The predicted molar refractivity (Wildman–Crippen MR) is 70.4 cm³/mol. The molecular formula is C11H23N3O3S. The molecule has 18 heavy (non-hydrogen) atoms. The largest absolute Gasteiger partial charge is 0.355 e. The second-order valence-electron chi connectivity index (χ2n) is 4.90. The fraction of sp³-hybridized carbons (Fsp3) is 0.909. The highest BCUT2D eigenvalue weighted by Gasteiger charge is 2.37. The van der Waals surface area contributed by atoms with Gasteiger partial charge in [-0.25, -0.2) is 13.1 Å². The molecule has 4 N–H and O–H groups in total. The van der Waals surface area contributed by atoms with E-state index in [0.717, 1.165) is 19.3 Å². The molecular weight excluding hydrogens is 254 g/mol. The molecule has 0 aromatic rings. The van der Waals surface area contributed by atoms with Crippen LogP contribution in [0.25, 0.3) is 0 Å². The van der Waals surface area contributed by atoms with E-state index in [0.29, 0.717) is 19.5 Å². The van der Waals surface area contributed by atoms with Crippen LogP contribution in [0.3, 0.4) is 0 Å². The van der Waals surface area contributed by atoms with Gasteiger partial charge in [0, 0.05) is 19.5 Å². The summed E-state index contributed by atoms with van der Waals surface area (Å²) < 4.78 is 25.1. The fourth-order valence-electron chi connectivity index (χ4n) is 2.15. The van der Waals surface area contributed by atoms with Gasteiger partial charge in [0.2, 0.25) is 15.9 Å². The minimum absolute atomic E-state index is 0.0371. The Labute approximate surface area is 109 Å². The summed E-state index contributed by atoms with van der Waals surface area (Å²) in [5.41, 5.74) is 5.63. The smallest absolute Gasteiger partial charge is 0.220 e. The van der Waals surface area contributed by atoms with E-state index in [9.17, 15) is 13.2 Å². The van der Waals surface area contributed by atoms with Crippen LogP contribution in [-0.2, 0) is 14.8 Å². The summed E-state index contributed by atoms with van der Waals surface area (Å²) in [6.45, 7) is 2.76. The molecule has 1 saturated carbocycles. The number of nitrogens with one attached hydrogen (secondary N) is 2. The number of hydrogen-bond acceptors (Lipinski definition) is 4. The number of sulfonamides is 1. The monoisotopic (exact) mass is 277 g/mol. The number of carbonyl (C=O) groups is 1. The average Bonchev–Trinajstić information content (AvgIpc) is 2.23. The highest BCUT2D eigenvalue weighted by Crippen LogP contribution is 2.42. The van der Waals surface area contributed by atoms with E-state index in [1.54, 1.807) is 6.92 Å². The van der Waals surface area contributed by atoms with Gasteiger partial charge in [0.25, 0.3) is 0 Å². The minimum atomic E-state index is -3.26. The minimum Gasteiger partial charge on any atom is -0.355 e. The van der Waals surface area contributed by atoms with Crippen LogP contribution in [0.4, 0.5) is 0 Å². The van der Waals surface area contributed by atoms with Crippen LogP contribution in [0.2, 0.25) is 0 Å². The van der Waals surface area contributed by atoms with Gasteiger partial charge in [0.15, 0.2) is 0 Å². The van der Waals surface area contributed by atoms with E-state index in [-0.39, 0.29) is 23.6 Å². The van der Waals surface area contributed by atoms with Crippen molar-refractivity contribution in [1.29, 1.82) is 0 Å². The van der Waals surface area contributed by atoms with Crippen LogP contribution < -0.4 is 15.8 Å². The lowest BCUT2D eigenvalue weighted by Gasteiger charge is -2.40. The molecule has 0 aromatic carbocycles. The molecule has 0 unspecified atom stereocenters. The van der Waals surface area contributed by atoms with Crippen molar-refractivity contribution in [2.45, 2.75) is 32.6 Å². The quantitative estimate of drug-likeness (QED) is 0.560. The summed E-state index contributed by atoms with van der Waals surface area (Å²) in [4.78, 5) is 11.7. The summed E-state index contributed by atoms with van der Waals surface area (Å²) in [7, 11) is -3.26. The number of hydrogen-bond donors (Lipinski definition) is 3. The molecule has 1 fully saturated rings. The summed E-state index contributed by atoms with van der Waals surface area (Å²) in [5.74, 6) is -0.186. The summed E-state index contributed by atoms with van der Waals surface area (Å²) in [6, 6.07) is 0. The van der Waals surface area contributed by atoms with Crippen molar-refractivity contribution >= 4 is 15.9 Å². The predicted octanol–water partition coefficient (Wildman–Crippen LogP) is -0.439. The van der Waals surface area contributed by atoms with Crippen LogP contribution in [-0.4, -0.2) is 39.7 Å². The maximum absolute atomic E-state index is 11.7. The molecule has 1 amide bonds. The fourth-order valence-corrected chi connectivity index (χ4v) is 3.10. The molecule has 0 radical (unpaired) electrons. The topological polar surface area (TPSA) is 101 Å². The van der Waals surface area contributed by atoms with Gasteiger partial charge in [0.05, 0.1) is 5.75 Å². The van der Waals surface area contributed by atoms with E-state index in [2.05, 4.69) is 10.0 Å². The number of amides is 1. The third-order valence-corrected chi connectivity index (χ3v) is 4.91. The summed E-state index contributed by atoms with van der Waals surface area (Å²) >= 11 is 0. The number of nitrogens with two attached hydrogens (primary N) is 1. The summed E-state index contributed by atoms with van der Waals surface area (Å²) in [5, 5.41) is 2.64. The van der Waals surface area contributed by atoms with Crippen molar-refractivity contribution in [1.82, 2.24) is 10.0 Å². The van der Waals surface area contributed by atoms with Crippen molar-refractivity contribution in [2.75, 3.05) is 25.4 Å². The van der Waals surface area contributed by atoms with Gasteiger partial charge in [-0.2, -0.15) is 0 Å². The molecule has 7 heteroatoms. The van der Waals surface area contributed by atoms with E-state index >= 15 is 0 Å². The van der Waals surface area contributed by atoms with Crippen molar-refractivity contribution < 1.29 is 13.2 Å². The molecule has 0 aromatic heterocycles. The van der Waals surface area contributed by atoms with Crippen LogP contribution in [0.15, 0.2) is 0 Å². The lowest BCUT2D eigenvalue weighted by atomic mass is 9.66. The molecule has 0 bridgehead atoms. The lowest BCUT2D eigenvalue weighted by Crippen LogP contribution is -2.43. The first-order valence-corrected chi connectivity index (χ1v) is 8.02. The molecule has 0 atom stereocenters. The molecule has 1 aliphatic carbocycles. The van der Waals surface area contributed by atoms with Gasteiger partial charge in [-0.3, -0.25) is 4.79 Å². The highest BCUT2D eigenvalue weighted by molar-refractivity contribution is 7.89. The zero-order chi connectivity index (χ0) is 13.6. The first-order chi connectivity index (χ1) is 8.43. The molecule has 1 rings (SSSR count). The first kappa shape index (κ1) is 15.4. The van der Waals surface area contributed by atoms with E-state index in [1.165, 1.54) is 0 Å². The zero-order valence-corrected chi connectivity index (χ0v) is 11.7. The van der Waals surface area contributed by atoms with Crippen LogP contribution in [0.5, 0.6) is 0 Å². The molecule has 1 aliphatic rings. The zero-order valence-electron chi connectivity index (χ0n) is 10.9. The average molecular weight is 277 g/mol. The van der Waals surface area contributed by atoms with E-state index in [4.69, 9.17) is 5.73 Å². The van der Waals surface area contributed by atoms with Gasteiger partial charge in [-0.1, -0.05) is 13.3 Å². The highest BCUT2D eigenvalue weighted by atomic mass is 32.2. The third-order valence-electron chi connectivity index (χ3n) is 3.44. The SMILES string of the molecule is CCNS(=O)(=O)CCNC(=O)CC1(CN)CCC1. The Morgan fingerprint density at radius 1 is 1.39 bits per heavy atom. The second-order valence-corrected chi connectivity index (χ2v) is 6.83. The van der Waals surface area contributed by atoms with Crippen LogP contribution in [0, 0.1) is 5.41 Å². The Morgan fingerprint density at radius 2 is 2.06 bits per heavy atom. The molecule has 0 aliphatic heterocycles. The maximum atomic E-state index is 11.7. The Hall–Kier alpha value is -0.660. The Morgan fingerprint density at radius 3 is 2.50 bits per heavy atom. The number of rotatable bonds is 8. The molecule has 106 valence electrons. The first-order valence-electron chi connectivity index (χ1n) is 6.37. The Kier molecular flexibility index (Phi) is 5.55. The Balaban J connectivity index is 2.25. The van der Waals surface area contributed by atoms with Crippen LogP contribution >= 0.6 is 0 Å². The maximum Gasteiger partial charge on any atom is 0.220 e. The van der Waals surface area contributed by atoms with Gasteiger partial charge in [-0.05, 0) is 24.8 Å². The van der Waals surface area contributed by atoms with Crippen molar-refractivity contribution in [3.63, 3.8) is 0 Å². The van der Waals surface area contributed by atoms with Gasteiger partial charge < -0.3 is 11.1 Å². The molecule has 0 heterocycles. The van der Waals surface area contributed by atoms with E-state index < -0.39 is 10.0 Å².